The third kappa shape index (κ3) is 2.73. The van der Waals surface area contributed by atoms with Crippen LogP contribution in [0.1, 0.15) is 18.4 Å². The molecule has 0 fully saturated rings. The molecule has 1 unspecified atom stereocenters. The average Bonchev–Trinajstić information content (AvgIpc) is 2.87. The van der Waals surface area contributed by atoms with E-state index in [0.717, 1.165) is 17.9 Å². The molecule has 0 amide bonds. The Kier molecular flexibility index (Phi) is 3.41. The summed E-state index contributed by atoms with van der Waals surface area (Å²) in [6.45, 7) is 0. The first-order valence-corrected chi connectivity index (χ1v) is 6.93. The van der Waals surface area contributed by atoms with Crippen molar-refractivity contribution in [3.05, 3.63) is 65.2 Å². The number of rotatable bonds is 2. The van der Waals surface area contributed by atoms with E-state index in [1.807, 2.05) is 24.3 Å². The van der Waals surface area contributed by atoms with Crippen LogP contribution in [-0.4, -0.2) is 6.04 Å². The van der Waals surface area contributed by atoms with Crippen LogP contribution in [0.3, 0.4) is 0 Å². The predicted octanol–water partition coefficient (Wildman–Crippen LogP) is 4.51. The van der Waals surface area contributed by atoms with E-state index < -0.39 is 0 Å². The highest BCUT2D eigenvalue weighted by Crippen LogP contribution is 2.29. The first-order valence-electron chi connectivity index (χ1n) is 6.55. The zero-order valence-corrected chi connectivity index (χ0v) is 11.4. The van der Waals surface area contributed by atoms with Crippen LogP contribution in [-0.2, 0) is 0 Å². The summed E-state index contributed by atoms with van der Waals surface area (Å²) >= 11 is 5.90. The van der Waals surface area contributed by atoms with Crippen LogP contribution in [0.5, 0.6) is 0 Å². The third-order valence-corrected chi connectivity index (χ3v) is 3.85. The summed E-state index contributed by atoms with van der Waals surface area (Å²) in [6.07, 6.45) is 4.33. The number of benzene rings is 2. The Morgan fingerprint density at radius 3 is 1.89 bits per heavy atom. The Morgan fingerprint density at radius 2 is 1.37 bits per heavy atom. The molecule has 1 atom stereocenters. The molecule has 0 saturated heterocycles. The van der Waals surface area contributed by atoms with E-state index in [4.69, 9.17) is 17.3 Å². The minimum Gasteiger partial charge on any atom is -0.324 e. The lowest BCUT2D eigenvalue weighted by molar-refractivity contribution is 0.782. The smallest absolute Gasteiger partial charge is 0.0406 e. The van der Waals surface area contributed by atoms with E-state index in [0.29, 0.717) is 0 Å². The van der Waals surface area contributed by atoms with Crippen molar-refractivity contribution in [3.63, 3.8) is 0 Å². The van der Waals surface area contributed by atoms with Crippen LogP contribution in [0, 0.1) is 0 Å². The number of halogens is 1. The van der Waals surface area contributed by atoms with E-state index in [9.17, 15) is 0 Å². The van der Waals surface area contributed by atoms with Gasteiger partial charge < -0.3 is 5.73 Å². The maximum atomic E-state index is 5.91. The van der Waals surface area contributed by atoms with Crippen LogP contribution in [0.4, 0.5) is 0 Å². The van der Waals surface area contributed by atoms with Gasteiger partial charge in [0.1, 0.15) is 0 Å². The Balaban J connectivity index is 1.87. The van der Waals surface area contributed by atoms with Gasteiger partial charge in [0.25, 0.3) is 0 Å². The van der Waals surface area contributed by atoms with Crippen molar-refractivity contribution in [2.45, 2.75) is 18.9 Å². The van der Waals surface area contributed by atoms with Crippen LogP contribution in [0.25, 0.3) is 16.7 Å². The predicted molar refractivity (Wildman–Crippen MR) is 82.1 cm³/mol. The van der Waals surface area contributed by atoms with Crippen LogP contribution in [0.15, 0.2) is 54.6 Å². The summed E-state index contributed by atoms with van der Waals surface area (Å²) in [4.78, 5) is 0. The van der Waals surface area contributed by atoms with Crippen molar-refractivity contribution >= 4 is 17.2 Å². The van der Waals surface area contributed by atoms with Gasteiger partial charge in [-0.3, -0.25) is 0 Å². The minimum atomic E-state index is 0.228. The molecular weight excluding hydrogens is 254 g/mol. The van der Waals surface area contributed by atoms with E-state index in [1.54, 1.807) is 0 Å². The molecule has 0 radical (unpaired) electrons. The molecule has 2 aromatic carbocycles. The topological polar surface area (TPSA) is 26.0 Å². The molecule has 2 N–H and O–H groups in total. The number of allylic oxidation sites excluding steroid dienone is 1. The fraction of sp³-hybridized carbons (Fsp3) is 0.176. The minimum absolute atomic E-state index is 0.228. The van der Waals surface area contributed by atoms with Gasteiger partial charge in [-0.15, -0.1) is 0 Å². The van der Waals surface area contributed by atoms with Gasteiger partial charge in [-0.05, 0) is 47.2 Å². The van der Waals surface area contributed by atoms with Gasteiger partial charge in [0.05, 0.1) is 0 Å². The van der Waals surface area contributed by atoms with Gasteiger partial charge in [0.15, 0.2) is 0 Å². The maximum Gasteiger partial charge on any atom is 0.0406 e. The molecule has 2 aromatic rings. The second-order valence-electron chi connectivity index (χ2n) is 4.98. The Labute approximate surface area is 118 Å². The Hall–Kier alpha value is -1.57. The van der Waals surface area contributed by atoms with Crippen molar-refractivity contribution in [1.82, 2.24) is 0 Å². The molecule has 19 heavy (non-hydrogen) atoms. The molecule has 0 aliphatic heterocycles. The van der Waals surface area contributed by atoms with E-state index in [2.05, 4.69) is 30.3 Å². The van der Waals surface area contributed by atoms with E-state index >= 15 is 0 Å². The molecule has 2 heteroatoms. The normalized spacial score (nSPS) is 18.4. The summed E-state index contributed by atoms with van der Waals surface area (Å²) in [5.74, 6) is 0. The van der Waals surface area contributed by atoms with Gasteiger partial charge in [0, 0.05) is 11.1 Å². The van der Waals surface area contributed by atoms with E-state index in [1.165, 1.54) is 22.3 Å². The van der Waals surface area contributed by atoms with Gasteiger partial charge in [-0.25, -0.2) is 0 Å². The molecule has 96 valence electrons. The SMILES string of the molecule is NC1C=C(c2ccc(-c3ccc(Cl)cc3)cc2)CC1. The Morgan fingerprint density at radius 1 is 0.842 bits per heavy atom. The lowest BCUT2D eigenvalue weighted by Gasteiger charge is -2.05. The molecule has 0 saturated carbocycles. The fourth-order valence-corrected chi connectivity index (χ4v) is 2.63. The van der Waals surface area contributed by atoms with Crippen LogP contribution < -0.4 is 5.73 Å². The molecule has 0 spiro atoms. The molecule has 1 nitrogen and oxygen atoms in total. The average molecular weight is 270 g/mol. The first-order chi connectivity index (χ1) is 9.22. The monoisotopic (exact) mass is 269 g/mol. The lowest BCUT2D eigenvalue weighted by Crippen LogP contribution is -2.11. The summed E-state index contributed by atoms with van der Waals surface area (Å²) in [7, 11) is 0. The standard InChI is InChI=1S/C17H16ClN/c18-16-8-5-13(6-9-16)12-1-3-14(4-2-12)15-7-10-17(19)11-15/h1-6,8-9,11,17H,7,10,19H2. The highest BCUT2D eigenvalue weighted by Gasteiger charge is 2.13. The van der Waals surface area contributed by atoms with Gasteiger partial charge >= 0.3 is 0 Å². The zero-order valence-electron chi connectivity index (χ0n) is 10.6. The van der Waals surface area contributed by atoms with Crippen molar-refractivity contribution in [2.75, 3.05) is 0 Å². The second kappa shape index (κ2) is 5.20. The number of hydrogen-bond acceptors (Lipinski definition) is 1. The molecule has 1 aliphatic carbocycles. The van der Waals surface area contributed by atoms with E-state index in [-0.39, 0.29) is 6.04 Å². The zero-order chi connectivity index (χ0) is 13.2. The molecule has 0 heterocycles. The number of hydrogen-bond donors (Lipinski definition) is 1. The Bertz CT molecular complexity index is 596. The second-order valence-corrected chi connectivity index (χ2v) is 5.42. The molecular formula is C17H16ClN. The van der Waals surface area contributed by atoms with Crippen LogP contribution in [0.2, 0.25) is 5.02 Å². The largest absolute Gasteiger partial charge is 0.324 e. The summed E-state index contributed by atoms with van der Waals surface area (Å²) in [5.41, 5.74) is 11.0. The molecule has 3 rings (SSSR count). The van der Waals surface area contributed by atoms with Crippen molar-refractivity contribution < 1.29 is 0 Å². The lowest BCUT2D eigenvalue weighted by atomic mass is 10.0. The highest BCUT2D eigenvalue weighted by molar-refractivity contribution is 6.30. The molecule has 0 bridgehead atoms. The summed E-state index contributed by atoms with van der Waals surface area (Å²) < 4.78 is 0. The van der Waals surface area contributed by atoms with Crippen LogP contribution >= 0.6 is 11.6 Å². The summed E-state index contributed by atoms with van der Waals surface area (Å²) in [6, 6.07) is 16.8. The maximum absolute atomic E-state index is 5.91. The highest BCUT2D eigenvalue weighted by atomic mass is 35.5. The molecule has 1 aliphatic rings. The first kappa shape index (κ1) is 12.5. The fourth-order valence-electron chi connectivity index (χ4n) is 2.51. The van der Waals surface area contributed by atoms with Gasteiger partial charge in [0.2, 0.25) is 0 Å². The summed E-state index contributed by atoms with van der Waals surface area (Å²) in [5, 5.41) is 0.769. The van der Waals surface area contributed by atoms with Gasteiger partial charge in [-0.2, -0.15) is 0 Å². The van der Waals surface area contributed by atoms with Crippen molar-refractivity contribution in [1.29, 1.82) is 0 Å². The number of nitrogens with two attached hydrogens (primary N) is 1. The van der Waals surface area contributed by atoms with Crippen molar-refractivity contribution in [3.8, 4) is 11.1 Å². The molecule has 0 aromatic heterocycles. The quantitative estimate of drug-likeness (QED) is 0.853. The van der Waals surface area contributed by atoms with Gasteiger partial charge in [-0.1, -0.05) is 54.1 Å². The van der Waals surface area contributed by atoms with Crippen molar-refractivity contribution in [2.24, 2.45) is 5.73 Å². The third-order valence-electron chi connectivity index (χ3n) is 3.60.